The Bertz CT molecular complexity index is 393. The van der Waals surface area contributed by atoms with Crippen LogP contribution >= 0.6 is 0 Å². The van der Waals surface area contributed by atoms with E-state index < -0.39 is 23.0 Å². The van der Waals surface area contributed by atoms with Crippen molar-refractivity contribution in [2.45, 2.75) is 6.92 Å². The van der Waals surface area contributed by atoms with Gasteiger partial charge in [0, 0.05) is 0 Å². The first-order valence-electron chi connectivity index (χ1n) is 3.98. The maximum absolute atomic E-state index is 11.3. The van der Waals surface area contributed by atoms with Crippen LogP contribution in [0.4, 0.5) is 0 Å². The van der Waals surface area contributed by atoms with Crippen molar-refractivity contribution < 1.29 is 20.1 Å². The fourth-order valence-electron chi connectivity index (χ4n) is 1.01. The Kier molecular flexibility index (Phi) is 2.76. The molecule has 0 spiro atoms. The average molecular weight is 194 g/mol. The lowest BCUT2D eigenvalue weighted by Crippen LogP contribution is -1.94. The van der Waals surface area contributed by atoms with E-state index >= 15 is 0 Å². The van der Waals surface area contributed by atoms with Gasteiger partial charge in [0.05, 0.1) is 5.56 Å². The SMILES string of the molecule is C/C=C/C(=O)c1ccc(O)c(O)c1O. The first-order chi connectivity index (χ1) is 6.57. The summed E-state index contributed by atoms with van der Waals surface area (Å²) in [6, 6.07) is 2.39. The molecule has 0 saturated heterocycles. The molecular weight excluding hydrogens is 184 g/mol. The molecular formula is C10H10O4. The largest absolute Gasteiger partial charge is 0.504 e. The van der Waals surface area contributed by atoms with E-state index in [4.69, 9.17) is 10.2 Å². The summed E-state index contributed by atoms with van der Waals surface area (Å²) in [5, 5.41) is 27.4. The number of benzene rings is 1. The second-order valence-electron chi connectivity index (χ2n) is 2.69. The molecule has 0 heterocycles. The minimum Gasteiger partial charge on any atom is -0.504 e. The van der Waals surface area contributed by atoms with Gasteiger partial charge >= 0.3 is 0 Å². The highest BCUT2D eigenvalue weighted by Gasteiger charge is 2.14. The number of allylic oxidation sites excluding steroid dienone is 2. The van der Waals surface area contributed by atoms with Crippen molar-refractivity contribution in [3.63, 3.8) is 0 Å². The lowest BCUT2D eigenvalue weighted by molar-refractivity contribution is 0.104. The molecule has 0 bridgehead atoms. The van der Waals surface area contributed by atoms with Crippen LogP contribution in [0.3, 0.4) is 0 Å². The smallest absolute Gasteiger partial charge is 0.201 e. The fraction of sp³-hybridized carbons (Fsp3) is 0.100. The Morgan fingerprint density at radius 3 is 2.43 bits per heavy atom. The Hall–Kier alpha value is -1.97. The predicted molar refractivity (Wildman–Crippen MR) is 50.6 cm³/mol. The number of phenols is 3. The summed E-state index contributed by atoms with van der Waals surface area (Å²) in [5.41, 5.74) is -0.0431. The minimum atomic E-state index is -0.680. The lowest BCUT2D eigenvalue weighted by atomic mass is 10.1. The van der Waals surface area contributed by atoms with Gasteiger partial charge in [0.25, 0.3) is 0 Å². The van der Waals surface area contributed by atoms with E-state index in [1.165, 1.54) is 18.2 Å². The second-order valence-corrected chi connectivity index (χ2v) is 2.69. The molecule has 0 unspecified atom stereocenters. The summed E-state index contributed by atoms with van der Waals surface area (Å²) in [6.07, 6.45) is 2.78. The number of aromatic hydroxyl groups is 3. The van der Waals surface area contributed by atoms with Gasteiger partial charge in [0.2, 0.25) is 5.75 Å². The molecule has 0 aromatic heterocycles. The van der Waals surface area contributed by atoms with Crippen molar-refractivity contribution in [1.82, 2.24) is 0 Å². The highest BCUT2D eigenvalue weighted by atomic mass is 16.3. The molecule has 0 aliphatic heterocycles. The van der Waals surface area contributed by atoms with Crippen LogP contribution in [0, 0.1) is 0 Å². The average Bonchev–Trinajstić information content (AvgIpc) is 2.15. The maximum atomic E-state index is 11.3. The molecule has 0 saturated carbocycles. The zero-order valence-electron chi connectivity index (χ0n) is 7.56. The molecule has 0 aliphatic carbocycles. The molecule has 0 fully saturated rings. The van der Waals surface area contributed by atoms with Crippen LogP contribution in [0.1, 0.15) is 17.3 Å². The van der Waals surface area contributed by atoms with Gasteiger partial charge in [-0.2, -0.15) is 0 Å². The van der Waals surface area contributed by atoms with Crippen molar-refractivity contribution >= 4 is 5.78 Å². The van der Waals surface area contributed by atoms with Crippen molar-refractivity contribution in [2.24, 2.45) is 0 Å². The standard InChI is InChI=1S/C10H10O4/c1-2-3-7(11)6-4-5-8(12)10(14)9(6)13/h2-5,12-14H,1H3/b3-2+. The summed E-state index contributed by atoms with van der Waals surface area (Å²) in [5.74, 6) is -2.17. The van der Waals surface area contributed by atoms with Gasteiger partial charge < -0.3 is 15.3 Å². The molecule has 1 rings (SSSR count). The van der Waals surface area contributed by atoms with Crippen LogP contribution in [-0.4, -0.2) is 21.1 Å². The maximum Gasteiger partial charge on any atom is 0.201 e. The normalized spacial score (nSPS) is 10.6. The first kappa shape index (κ1) is 10.1. The number of rotatable bonds is 2. The third-order valence-corrected chi connectivity index (χ3v) is 1.71. The fourth-order valence-corrected chi connectivity index (χ4v) is 1.01. The summed E-state index contributed by atoms with van der Waals surface area (Å²) in [4.78, 5) is 11.3. The Labute approximate surface area is 80.7 Å². The molecule has 0 radical (unpaired) electrons. The van der Waals surface area contributed by atoms with E-state index in [1.54, 1.807) is 6.92 Å². The predicted octanol–water partition coefficient (Wildman–Crippen LogP) is 1.56. The number of hydrogen-bond acceptors (Lipinski definition) is 4. The van der Waals surface area contributed by atoms with Gasteiger partial charge in [-0.1, -0.05) is 6.08 Å². The molecule has 74 valence electrons. The van der Waals surface area contributed by atoms with Crippen molar-refractivity contribution in [2.75, 3.05) is 0 Å². The minimum absolute atomic E-state index is 0.0431. The monoisotopic (exact) mass is 194 g/mol. The summed E-state index contributed by atoms with van der Waals surface area (Å²) in [6.45, 7) is 1.66. The summed E-state index contributed by atoms with van der Waals surface area (Å²) < 4.78 is 0. The number of ketones is 1. The third-order valence-electron chi connectivity index (χ3n) is 1.71. The van der Waals surface area contributed by atoms with E-state index in [1.807, 2.05) is 0 Å². The van der Waals surface area contributed by atoms with Crippen LogP contribution in [0.2, 0.25) is 0 Å². The lowest BCUT2D eigenvalue weighted by Gasteiger charge is -2.04. The van der Waals surface area contributed by atoms with Gasteiger partial charge in [0.1, 0.15) is 0 Å². The third kappa shape index (κ3) is 1.69. The molecule has 3 N–H and O–H groups in total. The van der Waals surface area contributed by atoms with Crippen LogP contribution in [0.25, 0.3) is 0 Å². The van der Waals surface area contributed by atoms with Crippen LogP contribution < -0.4 is 0 Å². The van der Waals surface area contributed by atoms with Gasteiger partial charge in [-0.25, -0.2) is 0 Å². The molecule has 1 aromatic rings. The summed E-state index contributed by atoms with van der Waals surface area (Å²) >= 11 is 0. The number of phenolic OH excluding ortho intramolecular Hbond substituents is 3. The van der Waals surface area contributed by atoms with Crippen LogP contribution in [-0.2, 0) is 0 Å². The van der Waals surface area contributed by atoms with E-state index in [-0.39, 0.29) is 5.56 Å². The number of carbonyl (C=O) groups excluding carboxylic acids is 1. The van der Waals surface area contributed by atoms with Gasteiger partial charge in [-0.15, -0.1) is 0 Å². The van der Waals surface area contributed by atoms with E-state index in [0.29, 0.717) is 0 Å². The molecule has 0 aliphatic rings. The Morgan fingerprint density at radius 1 is 1.21 bits per heavy atom. The van der Waals surface area contributed by atoms with Crippen LogP contribution in [0.5, 0.6) is 17.2 Å². The zero-order chi connectivity index (χ0) is 10.7. The quantitative estimate of drug-likeness (QED) is 0.379. The highest BCUT2D eigenvalue weighted by molar-refractivity contribution is 6.07. The van der Waals surface area contributed by atoms with Gasteiger partial charge in [-0.05, 0) is 25.1 Å². The Balaban J connectivity index is 3.24. The number of hydrogen-bond donors (Lipinski definition) is 3. The highest BCUT2D eigenvalue weighted by Crippen LogP contribution is 2.37. The van der Waals surface area contributed by atoms with Crippen molar-refractivity contribution in [3.05, 3.63) is 29.8 Å². The zero-order valence-corrected chi connectivity index (χ0v) is 7.56. The molecule has 4 nitrogen and oxygen atoms in total. The Morgan fingerprint density at radius 2 is 1.86 bits per heavy atom. The van der Waals surface area contributed by atoms with E-state index in [0.717, 1.165) is 6.07 Å². The first-order valence-corrected chi connectivity index (χ1v) is 3.98. The van der Waals surface area contributed by atoms with Gasteiger partial charge in [0.15, 0.2) is 17.3 Å². The second kappa shape index (κ2) is 3.83. The molecule has 4 heteroatoms. The summed E-state index contributed by atoms with van der Waals surface area (Å²) in [7, 11) is 0. The van der Waals surface area contributed by atoms with E-state index in [2.05, 4.69) is 0 Å². The van der Waals surface area contributed by atoms with Crippen LogP contribution in [0.15, 0.2) is 24.3 Å². The van der Waals surface area contributed by atoms with Gasteiger partial charge in [-0.3, -0.25) is 4.79 Å². The molecule has 1 aromatic carbocycles. The molecule has 0 amide bonds. The van der Waals surface area contributed by atoms with E-state index in [9.17, 15) is 9.90 Å². The van der Waals surface area contributed by atoms with Crippen molar-refractivity contribution in [3.8, 4) is 17.2 Å². The number of carbonyl (C=O) groups is 1. The topological polar surface area (TPSA) is 77.8 Å². The molecule has 0 atom stereocenters. The van der Waals surface area contributed by atoms with Crippen molar-refractivity contribution in [1.29, 1.82) is 0 Å². The molecule has 14 heavy (non-hydrogen) atoms.